The Morgan fingerprint density at radius 2 is 1.28 bits per heavy atom. The van der Waals surface area contributed by atoms with E-state index < -0.39 is 5.97 Å². The summed E-state index contributed by atoms with van der Waals surface area (Å²) in [5.41, 5.74) is 1.69. The molecule has 0 saturated heterocycles. The minimum atomic E-state index is -0.408. The van der Waals surface area contributed by atoms with Crippen LogP contribution in [0.15, 0.2) is 47.4 Å². The fourth-order valence-electron chi connectivity index (χ4n) is 4.94. The molecular weight excluding hydrogens is 494 g/mol. The van der Waals surface area contributed by atoms with Crippen LogP contribution in [0.1, 0.15) is 105 Å². The second-order valence-corrected chi connectivity index (χ2v) is 10.2. The smallest absolute Gasteiger partial charge is 0.326 e. The van der Waals surface area contributed by atoms with Gasteiger partial charge >= 0.3 is 5.97 Å². The number of aromatic nitrogens is 1. The topological polar surface area (TPSA) is 97.7 Å². The van der Waals surface area contributed by atoms with Crippen LogP contribution in [-0.4, -0.2) is 46.9 Å². The van der Waals surface area contributed by atoms with Crippen molar-refractivity contribution in [3.05, 3.63) is 64.1 Å². The highest BCUT2D eigenvalue weighted by Gasteiger charge is 2.34. The number of benzene rings is 1. The molecule has 0 fully saturated rings. The van der Waals surface area contributed by atoms with Crippen molar-refractivity contribution in [1.29, 1.82) is 0 Å². The Hall–Kier alpha value is -3.42. The predicted molar refractivity (Wildman–Crippen MR) is 153 cm³/mol. The summed E-state index contributed by atoms with van der Waals surface area (Å²) in [6.07, 6.45) is 15.7. The summed E-state index contributed by atoms with van der Waals surface area (Å²) < 4.78 is 6.29. The van der Waals surface area contributed by atoms with Crippen molar-refractivity contribution >= 4 is 23.5 Å². The molecule has 212 valence electrons. The fraction of sp³-hybridized carbons (Fsp3) is 0.548. The maximum absolute atomic E-state index is 12.4. The van der Waals surface area contributed by atoms with Crippen LogP contribution in [0.3, 0.4) is 0 Å². The van der Waals surface area contributed by atoms with Gasteiger partial charge in [-0.15, -0.1) is 0 Å². The van der Waals surface area contributed by atoms with E-state index in [2.05, 4.69) is 5.32 Å². The summed E-state index contributed by atoms with van der Waals surface area (Å²) in [7, 11) is 0. The van der Waals surface area contributed by atoms with Crippen LogP contribution in [0, 0.1) is 0 Å². The number of carbonyl (C=O) groups excluding carboxylic acids is 3. The van der Waals surface area contributed by atoms with E-state index in [-0.39, 0.29) is 23.9 Å². The number of hydrogen-bond acceptors (Lipinski definition) is 6. The number of ether oxygens (including phenoxy) is 1. The molecule has 1 aliphatic heterocycles. The number of hydrogen-bond donors (Lipinski definition) is 1. The summed E-state index contributed by atoms with van der Waals surface area (Å²) in [4.78, 5) is 49.7. The Bertz CT molecular complexity index is 1110. The summed E-state index contributed by atoms with van der Waals surface area (Å²) in [6, 6.07) is 10.3. The molecule has 1 N–H and O–H groups in total. The Kier molecular flexibility index (Phi) is 12.8. The van der Waals surface area contributed by atoms with Gasteiger partial charge in [0.05, 0.1) is 23.4 Å². The van der Waals surface area contributed by atoms with Crippen LogP contribution < -0.4 is 10.9 Å². The highest BCUT2D eigenvalue weighted by molar-refractivity contribution is 6.21. The molecule has 0 spiro atoms. The molecule has 2 aromatic rings. The maximum atomic E-state index is 12.4. The molecule has 3 rings (SSSR count). The standard InChI is InChI=1S/C31H43N3O5/c1-2-39-29(36)24-33-23-25(19-20-28(33)35)32-21-15-11-9-7-5-3-4-6-8-10-12-16-22-34-30(37)26-17-13-14-18-27(26)31(34)38/h13-14,17-20,23,32H,2-12,15-16,21-22,24H2,1H3. The normalized spacial score (nSPS) is 12.6. The van der Waals surface area contributed by atoms with Crippen molar-refractivity contribution in [2.24, 2.45) is 0 Å². The monoisotopic (exact) mass is 537 g/mol. The lowest BCUT2D eigenvalue weighted by atomic mass is 10.0. The van der Waals surface area contributed by atoms with Crippen LogP contribution in [0.25, 0.3) is 0 Å². The molecule has 1 aliphatic rings. The highest BCUT2D eigenvalue weighted by atomic mass is 16.5. The van der Waals surface area contributed by atoms with E-state index in [9.17, 15) is 19.2 Å². The average Bonchev–Trinajstić information content (AvgIpc) is 3.17. The number of carbonyl (C=O) groups is 3. The maximum Gasteiger partial charge on any atom is 0.326 e. The highest BCUT2D eigenvalue weighted by Crippen LogP contribution is 2.23. The number of imide groups is 1. The molecule has 0 atom stereocenters. The Morgan fingerprint density at radius 1 is 0.744 bits per heavy atom. The minimum absolute atomic E-state index is 0.0685. The SMILES string of the molecule is CCOC(=O)Cn1cc(NCCCCCCCCCCCCCCN2C(=O)c3ccccc3C2=O)ccc1=O. The van der Waals surface area contributed by atoms with Crippen molar-refractivity contribution < 1.29 is 19.1 Å². The zero-order valence-corrected chi connectivity index (χ0v) is 23.3. The van der Waals surface area contributed by atoms with Crippen molar-refractivity contribution in [3.63, 3.8) is 0 Å². The number of nitrogens with one attached hydrogen (secondary N) is 1. The van der Waals surface area contributed by atoms with Crippen molar-refractivity contribution in [2.45, 2.75) is 90.5 Å². The van der Waals surface area contributed by atoms with E-state index in [1.807, 2.05) is 0 Å². The third-order valence-corrected chi connectivity index (χ3v) is 7.10. The van der Waals surface area contributed by atoms with E-state index in [4.69, 9.17) is 4.74 Å². The molecule has 2 amide bonds. The first-order valence-electron chi connectivity index (χ1n) is 14.6. The molecular formula is C31H43N3O5. The first-order valence-corrected chi connectivity index (χ1v) is 14.6. The van der Waals surface area contributed by atoms with Gasteiger partial charge in [-0.05, 0) is 38.0 Å². The van der Waals surface area contributed by atoms with Gasteiger partial charge in [-0.3, -0.25) is 24.1 Å². The van der Waals surface area contributed by atoms with Crippen LogP contribution in [0.2, 0.25) is 0 Å². The first kappa shape index (κ1) is 30.1. The minimum Gasteiger partial charge on any atom is -0.465 e. The second kappa shape index (κ2) is 16.5. The number of anilines is 1. The molecule has 39 heavy (non-hydrogen) atoms. The third-order valence-electron chi connectivity index (χ3n) is 7.10. The Morgan fingerprint density at radius 3 is 1.85 bits per heavy atom. The number of pyridine rings is 1. The van der Waals surface area contributed by atoms with E-state index in [1.54, 1.807) is 43.5 Å². The molecule has 8 heteroatoms. The van der Waals surface area contributed by atoms with E-state index >= 15 is 0 Å². The molecule has 8 nitrogen and oxygen atoms in total. The van der Waals surface area contributed by atoms with Crippen LogP contribution in [0.4, 0.5) is 5.69 Å². The molecule has 1 aromatic heterocycles. The molecule has 0 saturated carbocycles. The first-order chi connectivity index (χ1) is 19.0. The third kappa shape index (κ3) is 9.68. The molecule has 2 heterocycles. The number of rotatable bonds is 19. The predicted octanol–water partition coefficient (Wildman–Crippen LogP) is 5.80. The Labute approximate surface area is 231 Å². The van der Waals surface area contributed by atoms with Gasteiger partial charge in [-0.25, -0.2) is 0 Å². The summed E-state index contributed by atoms with van der Waals surface area (Å²) >= 11 is 0. The largest absolute Gasteiger partial charge is 0.465 e. The van der Waals surface area contributed by atoms with Gasteiger partial charge in [0.15, 0.2) is 0 Å². The molecule has 0 aliphatic carbocycles. The zero-order chi connectivity index (χ0) is 27.9. The molecule has 0 bridgehead atoms. The van der Waals surface area contributed by atoms with E-state index in [0.29, 0.717) is 24.3 Å². The fourth-order valence-corrected chi connectivity index (χ4v) is 4.94. The van der Waals surface area contributed by atoms with E-state index in [0.717, 1.165) is 37.9 Å². The van der Waals surface area contributed by atoms with E-state index in [1.165, 1.54) is 66.9 Å². The summed E-state index contributed by atoms with van der Waals surface area (Å²) in [5.74, 6) is -0.709. The van der Waals surface area contributed by atoms with Gasteiger partial charge in [-0.1, -0.05) is 76.3 Å². The lowest BCUT2D eigenvalue weighted by Crippen LogP contribution is -2.30. The van der Waals surface area contributed by atoms with Crippen LogP contribution in [-0.2, 0) is 16.1 Å². The molecule has 1 aromatic carbocycles. The molecule has 0 radical (unpaired) electrons. The zero-order valence-electron chi connectivity index (χ0n) is 23.3. The van der Waals surface area contributed by atoms with Gasteiger partial charge in [-0.2, -0.15) is 0 Å². The average molecular weight is 538 g/mol. The van der Waals surface area contributed by atoms with Crippen molar-refractivity contribution in [1.82, 2.24) is 9.47 Å². The number of unbranched alkanes of at least 4 members (excludes halogenated alkanes) is 11. The van der Waals surface area contributed by atoms with Gasteiger partial charge in [0, 0.05) is 25.4 Å². The van der Waals surface area contributed by atoms with Crippen LogP contribution >= 0.6 is 0 Å². The van der Waals surface area contributed by atoms with Gasteiger partial charge < -0.3 is 14.6 Å². The lowest BCUT2D eigenvalue weighted by molar-refractivity contribution is -0.143. The number of amides is 2. The Balaban J connectivity index is 1.12. The lowest BCUT2D eigenvalue weighted by Gasteiger charge is -2.13. The number of fused-ring (bicyclic) bond motifs is 1. The summed E-state index contributed by atoms with van der Waals surface area (Å²) in [5, 5.41) is 3.33. The quantitative estimate of drug-likeness (QED) is 0.138. The van der Waals surface area contributed by atoms with Crippen molar-refractivity contribution in [3.8, 4) is 0 Å². The second-order valence-electron chi connectivity index (χ2n) is 10.2. The number of nitrogens with zero attached hydrogens (tertiary/aromatic N) is 2. The number of esters is 1. The van der Waals surface area contributed by atoms with Gasteiger partial charge in [0.25, 0.3) is 17.4 Å². The van der Waals surface area contributed by atoms with Crippen LogP contribution in [0.5, 0.6) is 0 Å². The summed E-state index contributed by atoms with van der Waals surface area (Å²) in [6.45, 7) is 3.33. The molecule has 0 unspecified atom stereocenters. The van der Waals surface area contributed by atoms with Crippen molar-refractivity contribution in [2.75, 3.05) is 25.0 Å². The van der Waals surface area contributed by atoms with Gasteiger partial charge in [0.2, 0.25) is 0 Å². The van der Waals surface area contributed by atoms with Gasteiger partial charge in [0.1, 0.15) is 6.54 Å².